The van der Waals surface area contributed by atoms with Gasteiger partial charge in [0.25, 0.3) is 0 Å². The first-order chi connectivity index (χ1) is 14.1. The van der Waals surface area contributed by atoms with E-state index in [-0.39, 0.29) is 22.9 Å². The highest BCUT2D eigenvalue weighted by Gasteiger charge is 2.57. The van der Waals surface area contributed by atoms with E-state index < -0.39 is 0 Å². The fraction of sp³-hybridized carbons (Fsp3) is 0.821. The number of ketones is 1. The number of carbonyl (C=O) groups is 1. The summed E-state index contributed by atoms with van der Waals surface area (Å²) in [5.74, 6) is 3.56. The predicted molar refractivity (Wildman–Crippen MR) is 124 cm³/mol. The van der Waals surface area contributed by atoms with Crippen molar-refractivity contribution in [2.75, 3.05) is 0 Å². The SMILES string of the molecule is CC(C)[C@@H](C)CC(=O)[C@@H](C)[C@H]1CC[C@H]2C3=CC=C4C[C@@H](O)CC[C@]4(C)[C@H]3CC[C@]12C. The van der Waals surface area contributed by atoms with E-state index in [0.29, 0.717) is 35.4 Å². The molecule has 4 rings (SSSR count). The molecule has 0 radical (unpaired) electrons. The maximum atomic E-state index is 13.2. The van der Waals surface area contributed by atoms with Gasteiger partial charge in [-0.15, -0.1) is 0 Å². The van der Waals surface area contributed by atoms with E-state index in [2.05, 4.69) is 53.7 Å². The molecule has 0 aliphatic heterocycles. The second kappa shape index (κ2) is 7.91. The third-order valence-electron chi connectivity index (χ3n) is 10.4. The molecule has 0 heterocycles. The van der Waals surface area contributed by atoms with Gasteiger partial charge in [0.2, 0.25) is 0 Å². The van der Waals surface area contributed by atoms with E-state index in [9.17, 15) is 9.90 Å². The summed E-state index contributed by atoms with van der Waals surface area (Å²) in [5.41, 5.74) is 3.69. The van der Waals surface area contributed by atoms with Crippen molar-refractivity contribution in [3.8, 4) is 0 Å². The van der Waals surface area contributed by atoms with Gasteiger partial charge < -0.3 is 5.11 Å². The molecule has 168 valence electrons. The number of allylic oxidation sites excluding steroid dienone is 3. The second-order valence-electron chi connectivity index (χ2n) is 12.2. The van der Waals surface area contributed by atoms with Gasteiger partial charge in [-0.1, -0.05) is 64.8 Å². The maximum Gasteiger partial charge on any atom is 0.136 e. The van der Waals surface area contributed by atoms with Crippen LogP contribution in [0.2, 0.25) is 0 Å². The zero-order valence-corrected chi connectivity index (χ0v) is 20.2. The van der Waals surface area contributed by atoms with Crippen molar-refractivity contribution >= 4 is 5.78 Å². The van der Waals surface area contributed by atoms with Gasteiger partial charge in [-0.25, -0.2) is 0 Å². The van der Waals surface area contributed by atoms with Gasteiger partial charge in [-0.2, -0.15) is 0 Å². The highest BCUT2D eigenvalue weighted by molar-refractivity contribution is 5.81. The van der Waals surface area contributed by atoms with Crippen LogP contribution in [0.3, 0.4) is 0 Å². The summed E-state index contributed by atoms with van der Waals surface area (Å²) < 4.78 is 0. The van der Waals surface area contributed by atoms with Crippen molar-refractivity contribution in [3.05, 3.63) is 23.3 Å². The van der Waals surface area contributed by atoms with Crippen LogP contribution in [0.25, 0.3) is 0 Å². The van der Waals surface area contributed by atoms with Crippen LogP contribution >= 0.6 is 0 Å². The van der Waals surface area contributed by atoms with Crippen LogP contribution in [-0.2, 0) is 4.79 Å². The first-order valence-electron chi connectivity index (χ1n) is 12.7. The Hall–Kier alpha value is -0.890. The van der Waals surface area contributed by atoms with Crippen molar-refractivity contribution in [2.45, 2.75) is 99.0 Å². The van der Waals surface area contributed by atoms with E-state index in [4.69, 9.17) is 0 Å². The first-order valence-corrected chi connectivity index (χ1v) is 12.7. The molecule has 2 nitrogen and oxygen atoms in total. The van der Waals surface area contributed by atoms with E-state index in [1.54, 1.807) is 5.57 Å². The zero-order valence-electron chi connectivity index (χ0n) is 20.2. The summed E-state index contributed by atoms with van der Waals surface area (Å²) in [6.45, 7) is 13.9. The van der Waals surface area contributed by atoms with Gasteiger partial charge in [0.05, 0.1) is 6.10 Å². The average molecular weight is 413 g/mol. The summed E-state index contributed by atoms with van der Waals surface area (Å²) in [7, 11) is 0. The molecule has 2 heteroatoms. The van der Waals surface area contributed by atoms with Crippen molar-refractivity contribution in [1.82, 2.24) is 0 Å². The summed E-state index contributed by atoms with van der Waals surface area (Å²) >= 11 is 0. The molecule has 1 N–H and O–H groups in total. The Bertz CT molecular complexity index is 746. The van der Waals surface area contributed by atoms with Crippen molar-refractivity contribution in [3.63, 3.8) is 0 Å². The second-order valence-corrected chi connectivity index (χ2v) is 12.2. The molecule has 0 aromatic rings. The molecule has 3 saturated carbocycles. The lowest BCUT2D eigenvalue weighted by molar-refractivity contribution is -0.127. The molecule has 0 unspecified atom stereocenters. The largest absolute Gasteiger partial charge is 0.393 e. The number of carbonyl (C=O) groups excluding carboxylic acids is 1. The quantitative estimate of drug-likeness (QED) is 0.543. The third-order valence-corrected chi connectivity index (χ3v) is 10.4. The van der Waals surface area contributed by atoms with E-state index in [1.807, 2.05) is 0 Å². The maximum absolute atomic E-state index is 13.2. The third kappa shape index (κ3) is 3.46. The average Bonchev–Trinajstić information content (AvgIpc) is 3.04. The number of Topliss-reactive ketones (excluding diaryl/α,β-unsaturated/α-hetero) is 1. The van der Waals surface area contributed by atoms with Crippen LogP contribution in [0.1, 0.15) is 92.9 Å². The number of hydrogen-bond acceptors (Lipinski definition) is 2. The molecule has 0 aromatic carbocycles. The number of fused-ring (bicyclic) bond motifs is 5. The molecular formula is C28H44O2. The van der Waals surface area contributed by atoms with Crippen LogP contribution in [0, 0.1) is 46.3 Å². The standard InChI is InChI=1S/C28H44O2/c1-17(2)18(3)15-26(30)19(4)23-9-10-24-22-8-7-20-16-21(29)11-13-27(20,5)25(22)12-14-28(23,24)6/h7-8,17-19,21,23-25,29H,9-16H2,1-6H3/t18-,19-,21-,23+,24-,25-,27-,28+/m0/s1. The van der Waals surface area contributed by atoms with Crippen LogP contribution < -0.4 is 0 Å². The molecular weight excluding hydrogens is 368 g/mol. The lowest BCUT2D eigenvalue weighted by Crippen LogP contribution is -2.47. The van der Waals surface area contributed by atoms with Gasteiger partial charge in [0, 0.05) is 12.3 Å². The minimum Gasteiger partial charge on any atom is -0.393 e. The van der Waals surface area contributed by atoms with Gasteiger partial charge in [-0.3, -0.25) is 4.79 Å². The smallest absolute Gasteiger partial charge is 0.136 e. The van der Waals surface area contributed by atoms with Crippen molar-refractivity contribution in [2.24, 2.45) is 46.3 Å². The van der Waals surface area contributed by atoms with E-state index >= 15 is 0 Å². The number of aliphatic hydroxyl groups excluding tert-OH is 1. The molecule has 4 aliphatic rings. The summed E-state index contributed by atoms with van der Waals surface area (Å²) in [6, 6.07) is 0. The number of aliphatic hydroxyl groups is 1. The Labute approximate surface area is 184 Å². The monoisotopic (exact) mass is 412 g/mol. The molecule has 30 heavy (non-hydrogen) atoms. The van der Waals surface area contributed by atoms with Crippen LogP contribution in [0.4, 0.5) is 0 Å². The van der Waals surface area contributed by atoms with Gasteiger partial charge >= 0.3 is 0 Å². The highest BCUT2D eigenvalue weighted by atomic mass is 16.3. The van der Waals surface area contributed by atoms with Gasteiger partial charge in [0.15, 0.2) is 0 Å². The number of hydrogen-bond donors (Lipinski definition) is 1. The molecule has 8 atom stereocenters. The molecule has 0 bridgehead atoms. The van der Waals surface area contributed by atoms with Crippen LogP contribution in [0.15, 0.2) is 23.3 Å². The Morgan fingerprint density at radius 1 is 1.03 bits per heavy atom. The van der Waals surface area contributed by atoms with Crippen molar-refractivity contribution in [1.29, 1.82) is 0 Å². The lowest BCUT2D eigenvalue weighted by Gasteiger charge is -2.55. The summed E-state index contributed by atoms with van der Waals surface area (Å²) in [6.07, 6.45) is 13.3. The van der Waals surface area contributed by atoms with Gasteiger partial charge in [-0.05, 0) is 85.4 Å². The topological polar surface area (TPSA) is 37.3 Å². The lowest BCUT2D eigenvalue weighted by atomic mass is 9.50. The molecule has 0 aromatic heterocycles. The summed E-state index contributed by atoms with van der Waals surface area (Å²) in [5, 5.41) is 10.2. The van der Waals surface area contributed by atoms with Crippen LogP contribution in [0.5, 0.6) is 0 Å². The minimum atomic E-state index is -0.149. The minimum absolute atomic E-state index is 0.149. The fourth-order valence-electron chi connectivity index (χ4n) is 7.81. The molecule has 0 amide bonds. The molecule has 0 saturated heterocycles. The Morgan fingerprint density at radius 2 is 1.77 bits per heavy atom. The fourth-order valence-corrected chi connectivity index (χ4v) is 7.81. The Kier molecular flexibility index (Phi) is 5.88. The Morgan fingerprint density at radius 3 is 2.47 bits per heavy atom. The normalized spacial score (nSPS) is 42.5. The van der Waals surface area contributed by atoms with E-state index in [0.717, 1.165) is 25.7 Å². The molecule has 3 fully saturated rings. The first kappa shape index (κ1) is 22.3. The zero-order chi connectivity index (χ0) is 21.8. The summed E-state index contributed by atoms with van der Waals surface area (Å²) in [4.78, 5) is 13.2. The Balaban J connectivity index is 1.56. The van der Waals surface area contributed by atoms with Crippen LogP contribution in [-0.4, -0.2) is 17.0 Å². The molecule has 0 spiro atoms. The van der Waals surface area contributed by atoms with E-state index in [1.165, 1.54) is 31.3 Å². The highest BCUT2D eigenvalue weighted by Crippen LogP contribution is 2.66. The predicted octanol–water partition coefficient (Wildman–Crippen LogP) is 6.73. The molecule has 4 aliphatic carbocycles. The van der Waals surface area contributed by atoms with Gasteiger partial charge in [0.1, 0.15) is 5.78 Å². The van der Waals surface area contributed by atoms with Crippen molar-refractivity contribution < 1.29 is 9.90 Å². The number of rotatable bonds is 5.